The van der Waals surface area contributed by atoms with Crippen LogP contribution in [0.3, 0.4) is 0 Å². The standard InChI is InChI=1S/C18H22O5/c1-17-8-10-11(21-2)4-5-12(22-3)14(10)15-16(17)18(20,9-23-15)7-6-13(17)19/h4-5,15-16,20H,6-9H2,1-3H3/t15-,16-,17+,18+/m1/s1. The van der Waals surface area contributed by atoms with Gasteiger partial charge in [-0.05, 0) is 25.0 Å². The van der Waals surface area contributed by atoms with Gasteiger partial charge in [0, 0.05) is 28.9 Å². The van der Waals surface area contributed by atoms with E-state index in [4.69, 9.17) is 14.2 Å². The van der Waals surface area contributed by atoms with Crippen LogP contribution in [0.25, 0.3) is 0 Å². The predicted octanol–water partition coefficient (Wildman–Crippen LogP) is 2.05. The van der Waals surface area contributed by atoms with Crippen molar-refractivity contribution in [1.29, 1.82) is 0 Å². The monoisotopic (exact) mass is 318 g/mol. The van der Waals surface area contributed by atoms with Gasteiger partial charge >= 0.3 is 0 Å². The summed E-state index contributed by atoms with van der Waals surface area (Å²) in [7, 11) is 3.26. The highest BCUT2D eigenvalue weighted by atomic mass is 16.5. The minimum atomic E-state index is -0.931. The number of carbonyl (C=O) groups is 1. The zero-order valence-electron chi connectivity index (χ0n) is 13.7. The smallest absolute Gasteiger partial charge is 0.139 e. The maximum Gasteiger partial charge on any atom is 0.139 e. The minimum absolute atomic E-state index is 0.207. The average Bonchev–Trinajstić information content (AvgIpc) is 2.90. The number of methoxy groups -OCH3 is 2. The number of ether oxygens (including phenoxy) is 3. The summed E-state index contributed by atoms with van der Waals surface area (Å²) in [5.74, 6) is 1.45. The van der Waals surface area contributed by atoms with E-state index in [9.17, 15) is 9.90 Å². The van der Waals surface area contributed by atoms with Gasteiger partial charge in [-0.3, -0.25) is 4.79 Å². The third-order valence-electron chi connectivity index (χ3n) is 6.05. The SMILES string of the molecule is COc1ccc(OC)c2c1C[C@@]1(C)C(=O)CC[C@]3(O)CO[C@H]2[C@@H]31. The summed E-state index contributed by atoms with van der Waals surface area (Å²) in [6.07, 6.45) is 1.10. The van der Waals surface area contributed by atoms with Gasteiger partial charge in [-0.2, -0.15) is 0 Å². The zero-order valence-corrected chi connectivity index (χ0v) is 13.7. The number of rotatable bonds is 2. The molecule has 124 valence electrons. The Kier molecular flexibility index (Phi) is 3.06. The van der Waals surface area contributed by atoms with Gasteiger partial charge in [-0.15, -0.1) is 0 Å². The second-order valence-corrected chi connectivity index (χ2v) is 7.19. The predicted molar refractivity (Wildman–Crippen MR) is 82.7 cm³/mol. The van der Waals surface area contributed by atoms with Crippen molar-refractivity contribution in [2.75, 3.05) is 20.8 Å². The van der Waals surface area contributed by atoms with Crippen molar-refractivity contribution in [2.45, 2.75) is 37.9 Å². The Balaban J connectivity index is 1.97. The van der Waals surface area contributed by atoms with E-state index in [0.29, 0.717) is 19.3 Å². The topological polar surface area (TPSA) is 65.0 Å². The molecule has 0 amide bonds. The lowest BCUT2D eigenvalue weighted by Crippen LogP contribution is -2.56. The van der Waals surface area contributed by atoms with Crippen molar-refractivity contribution in [3.8, 4) is 11.5 Å². The molecule has 5 nitrogen and oxygen atoms in total. The molecule has 2 fully saturated rings. The van der Waals surface area contributed by atoms with Crippen molar-refractivity contribution >= 4 is 5.78 Å². The first-order valence-electron chi connectivity index (χ1n) is 8.05. The van der Waals surface area contributed by atoms with Crippen LogP contribution >= 0.6 is 0 Å². The molecule has 0 spiro atoms. The number of aliphatic hydroxyl groups is 1. The number of hydrogen-bond donors (Lipinski definition) is 1. The second kappa shape index (κ2) is 4.71. The van der Waals surface area contributed by atoms with E-state index in [-0.39, 0.29) is 24.4 Å². The fourth-order valence-electron chi connectivity index (χ4n) is 4.96. The molecule has 1 heterocycles. The van der Waals surface area contributed by atoms with Gasteiger partial charge in [0.1, 0.15) is 17.3 Å². The van der Waals surface area contributed by atoms with Crippen LogP contribution < -0.4 is 9.47 Å². The molecular formula is C18H22O5. The first kappa shape index (κ1) is 15.0. The van der Waals surface area contributed by atoms with E-state index in [1.807, 2.05) is 19.1 Å². The normalized spacial score (nSPS) is 38.0. The Bertz CT molecular complexity index is 684. The Labute approximate surface area is 135 Å². The minimum Gasteiger partial charge on any atom is -0.496 e. The molecule has 1 saturated carbocycles. The molecule has 0 unspecified atom stereocenters. The molecule has 2 aliphatic carbocycles. The van der Waals surface area contributed by atoms with Crippen molar-refractivity contribution in [1.82, 2.24) is 0 Å². The summed E-state index contributed by atoms with van der Waals surface area (Å²) < 4.78 is 17.1. The summed E-state index contributed by atoms with van der Waals surface area (Å²) in [4.78, 5) is 12.7. The van der Waals surface area contributed by atoms with E-state index in [0.717, 1.165) is 22.6 Å². The maximum atomic E-state index is 12.7. The van der Waals surface area contributed by atoms with Gasteiger partial charge in [0.05, 0.1) is 32.5 Å². The molecule has 1 aliphatic heterocycles. The van der Waals surface area contributed by atoms with E-state index in [1.165, 1.54) is 0 Å². The van der Waals surface area contributed by atoms with Gasteiger partial charge < -0.3 is 19.3 Å². The first-order chi connectivity index (χ1) is 10.9. The quantitative estimate of drug-likeness (QED) is 0.904. The molecule has 0 bridgehead atoms. The molecule has 4 rings (SSSR count). The fraction of sp³-hybridized carbons (Fsp3) is 0.611. The van der Waals surface area contributed by atoms with Crippen LogP contribution in [-0.2, 0) is 16.0 Å². The van der Waals surface area contributed by atoms with Gasteiger partial charge in [-0.25, -0.2) is 0 Å². The zero-order chi connectivity index (χ0) is 16.4. The summed E-state index contributed by atoms with van der Waals surface area (Å²) in [5, 5.41) is 11.1. The number of ketones is 1. The first-order valence-corrected chi connectivity index (χ1v) is 8.05. The van der Waals surface area contributed by atoms with Gasteiger partial charge in [-0.1, -0.05) is 6.92 Å². The molecule has 4 atom stereocenters. The van der Waals surface area contributed by atoms with Crippen LogP contribution in [0.4, 0.5) is 0 Å². The third-order valence-corrected chi connectivity index (χ3v) is 6.05. The lowest BCUT2D eigenvalue weighted by molar-refractivity contribution is -0.150. The second-order valence-electron chi connectivity index (χ2n) is 7.19. The Morgan fingerprint density at radius 1 is 1.26 bits per heavy atom. The van der Waals surface area contributed by atoms with Crippen LogP contribution in [0.2, 0.25) is 0 Å². The molecule has 1 aromatic rings. The van der Waals surface area contributed by atoms with E-state index < -0.39 is 11.0 Å². The molecule has 23 heavy (non-hydrogen) atoms. The summed E-state index contributed by atoms with van der Waals surface area (Å²) in [6.45, 7) is 2.23. The van der Waals surface area contributed by atoms with Crippen molar-refractivity contribution < 1.29 is 24.1 Å². The van der Waals surface area contributed by atoms with Gasteiger partial charge in [0.2, 0.25) is 0 Å². The van der Waals surface area contributed by atoms with Crippen LogP contribution in [0, 0.1) is 11.3 Å². The van der Waals surface area contributed by atoms with E-state index in [1.54, 1.807) is 14.2 Å². The van der Waals surface area contributed by atoms with Crippen LogP contribution in [-0.4, -0.2) is 37.3 Å². The number of fused-ring (bicyclic) bond motifs is 2. The lowest BCUT2D eigenvalue weighted by atomic mass is 9.53. The van der Waals surface area contributed by atoms with Crippen molar-refractivity contribution in [3.63, 3.8) is 0 Å². The Hall–Kier alpha value is -1.59. The van der Waals surface area contributed by atoms with Crippen LogP contribution in [0.15, 0.2) is 12.1 Å². The highest BCUT2D eigenvalue weighted by Crippen LogP contribution is 2.62. The molecule has 0 aromatic heterocycles. The maximum absolute atomic E-state index is 12.7. The molecule has 0 radical (unpaired) electrons. The highest BCUT2D eigenvalue weighted by Gasteiger charge is 2.65. The molecular weight excluding hydrogens is 296 g/mol. The average molecular weight is 318 g/mol. The number of Topliss-reactive ketones (excluding diaryl/α,β-unsaturated/α-hetero) is 1. The number of hydrogen-bond acceptors (Lipinski definition) is 5. The van der Waals surface area contributed by atoms with Crippen LogP contribution in [0.1, 0.15) is 37.0 Å². The molecule has 1 aromatic carbocycles. The summed E-state index contributed by atoms with van der Waals surface area (Å²) in [6, 6.07) is 3.74. The molecule has 3 aliphatic rings. The molecule has 1 saturated heterocycles. The van der Waals surface area contributed by atoms with Gasteiger partial charge in [0.25, 0.3) is 0 Å². The number of carbonyl (C=O) groups excluding carboxylic acids is 1. The highest BCUT2D eigenvalue weighted by molar-refractivity contribution is 5.87. The van der Waals surface area contributed by atoms with E-state index >= 15 is 0 Å². The molecule has 1 N–H and O–H groups in total. The van der Waals surface area contributed by atoms with Gasteiger partial charge in [0.15, 0.2) is 0 Å². The lowest BCUT2D eigenvalue weighted by Gasteiger charge is -2.50. The summed E-state index contributed by atoms with van der Waals surface area (Å²) >= 11 is 0. The fourth-order valence-corrected chi connectivity index (χ4v) is 4.96. The summed E-state index contributed by atoms with van der Waals surface area (Å²) in [5.41, 5.74) is 0.343. The molecule has 5 heteroatoms. The van der Waals surface area contributed by atoms with E-state index in [2.05, 4.69) is 0 Å². The van der Waals surface area contributed by atoms with Crippen molar-refractivity contribution in [3.05, 3.63) is 23.3 Å². The Morgan fingerprint density at radius 3 is 2.65 bits per heavy atom. The third kappa shape index (κ3) is 1.78. The number of benzene rings is 1. The Morgan fingerprint density at radius 2 is 1.96 bits per heavy atom. The van der Waals surface area contributed by atoms with Crippen molar-refractivity contribution in [2.24, 2.45) is 11.3 Å². The van der Waals surface area contributed by atoms with Crippen LogP contribution in [0.5, 0.6) is 11.5 Å². The largest absolute Gasteiger partial charge is 0.496 e.